The van der Waals surface area contributed by atoms with Gasteiger partial charge in [-0.15, -0.1) is 0 Å². The summed E-state index contributed by atoms with van der Waals surface area (Å²) in [5, 5.41) is 9.00. The summed E-state index contributed by atoms with van der Waals surface area (Å²) >= 11 is 0. The lowest BCUT2D eigenvalue weighted by atomic mass is 10.2. The molecular formula is C10H15NO5. The van der Waals surface area contributed by atoms with Crippen LogP contribution in [0.1, 0.15) is 20.8 Å². The second-order valence-corrected chi connectivity index (χ2v) is 5.05. The highest BCUT2D eigenvalue weighted by Crippen LogP contribution is 2.37. The van der Waals surface area contributed by atoms with Crippen molar-refractivity contribution in [1.82, 2.24) is 4.90 Å². The number of carbonyl (C=O) groups is 2. The molecule has 6 heteroatoms. The maximum Gasteiger partial charge on any atom is 0.411 e. The summed E-state index contributed by atoms with van der Waals surface area (Å²) in [7, 11) is 0. The van der Waals surface area contributed by atoms with E-state index in [4.69, 9.17) is 14.6 Å². The van der Waals surface area contributed by atoms with E-state index in [1.54, 1.807) is 20.8 Å². The molecule has 0 aromatic rings. The Labute approximate surface area is 93.1 Å². The number of nitrogens with zero attached hydrogens (tertiary/aromatic N) is 1. The van der Waals surface area contributed by atoms with E-state index in [0.717, 1.165) is 0 Å². The lowest BCUT2D eigenvalue weighted by Gasteiger charge is -2.27. The zero-order chi connectivity index (χ0) is 12.1. The van der Waals surface area contributed by atoms with E-state index in [-0.39, 0.29) is 12.2 Å². The van der Waals surface area contributed by atoms with Crippen molar-refractivity contribution in [3.05, 3.63) is 0 Å². The molecule has 0 unspecified atom stereocenters. The maximum atomic E-state index is 11.7. The Morgan fingerprint density at radius 3 is 2.56 bits per heavy atom. The van der Waals surface area contributed by atoms with Crippen LogP contribution >= 0.6 is 0 Å². The second-order valence-electron chi connectivity index (χ2n) is 5.05. The highest BCUT2D eigenvalue weighted by Gasteiger charge is 2.60. The van der Waals surface area contributed by atoms with Crippen LogP contribution in [0.15, 0.2) is 0 Å². The van der Waals surface area contributed by atoms with Crippen LogP contribution in [0.3, 0.4) is 0 Å². The molecule has 0 bridgehead atoms. The monoisotopic (exact) mass is 229 g/mol. The molecule has 16 heavy (non-hydrogen) atoms. The summed E-state index contributed by atoms with van der Waals surface area (Å²) in [5.41, 5.74) is -0.617. The molecule has 2 rings (SSSR count). The molecule has 6 nitrogen and oxygen atoms in total. The van der Waals surface area contributed by atoms with Crippen molar-refractivity contribution in [3.8, 4) is 0 Å². The van der Waals surface area contributed by atoms with E-state index >= 15 is 0 Å². The van der Waals surface area contributed by atoms with Crippen molar-refractivity contribution in [2.75, 3.05) is 6.54 Å². The zero-order valence-corrected chi connectivity index (χ0v) is 9.47. The van der Waals surface area contributed by atoms with E-state index in [9.17, 15) is 9.59 Å². The molecule has 0 saturated carbocycles. The molecule has 0 aliphatic carbocycles. The first-order valence-corrected chi connectivity index (χ1v) is 5.17. The molecule has 3 atom stereocenters. The van der Waals surface area contributed by atoms with Crippen molar-refractivity contribution in [3.63, 3.8) is 0 Å². The van der Waals surface area contributed by atoms with Crippen LogP contribution in [0, 0.1) is 0 Å². The molecule has 0 aromatic heterocycles. The fraction of sp³-hybridized carbons (Fsp3) is 0.800. The minimum atomic E-state index is -1.05. The minimum absolute atomic E-state index is 0.131. The number of carboxylic acids is 1. The largest absolute Gasteiger partial charge is 0.480 e. The molecule has 2 saturated heterocycles. The second kappa shape index (κ2) is 3.35. The number of epoxide rings is 1. The Hall–Kier alpha value is -1.30. The first-order chi connectivity index (χ1) is 7.29. The Balaban J connectivity index is 2.04. The summed E-state index contributed by atoms with van der Waals surface area (Å²) in [5.74, 6) is -1.05. The Morgan fingerprint density at radius 1 is 1.44 bits per heavy atom. The van der Waals surface area contributed by atoms with E-state index in [1.165, 1.54) is 4.90 Å². The standard InChI is InChI=1S/C10H15NO5/c1-10(2,3)16-9(14)11-4-5-7(15-5)6(11)8(12)13/h5-7H,4H2,1-3H3,(H,12,13)/t5-,6+,7-/m1/s1. The number of ether oxygens (including phenoxy) is 2. The molecule has 90 valence electrons. The fourth-order valence-corrected chi connectivity index (χ4v) is 1.85. The van der Waals surface area contributed by atoms with E-state index in [0.29, 0.717) is 6.54 Å². The molecule has 0 aromatic carbocycles. The smallest absolute Gasteiger partial charge is 0.411 e. The minimum Gasteiger partial charge on any atom is -0.480 e. The topological polar surface area (TPSA) is 79.4 Å². The fourth-order valence-electron chi connectivity index (χ4n) is 1.85. The van der Waals surface area contributed by atoms with Crippen LogP contribution in [-0.2, 0) is 14.3 Å². The number of hydrogen-bond acceptors (Lipinski definition) is 4. The van der Waals surface area contributed by atoms with Crippen molar-refractivity contribution < 1.29 is 24.2 Å². The van der Waals surface area contributed by atoms with Crippen LogP contribution in [-0.4, -0.2) is 52.5 Å². The Bertz CT molecular complexity index is 335. The molecule has 2 fully saturated rings. The summed E-state index contributed by atoms with van der Waals surface area (Å²) < 4.78 is 10.2. The van der Waals surface area contributed by atoms with Crippen molar-refractivity contribution >= 4 is 12.1 Å². The normalized spacial score (nSPS) is 32.2. The van der Waals surface area contributed by atoms with Gasteiger partial charge in [-0.25, -0.2) is 9.59 Å². The van der Waals surface area contributed by atoms with Gasteiger partial charge in [0.15, 0.2) is 6.04 Å². The highest BCUT2D eigenvalue weighted by atomic mass is 16.6. The third-order valence-corrected chi connectivity index (χ3v) is 2.53. The predicted octanol–water partition coefficient (Wildman–Crippen LogP) is 0.458. The molecule has 0 spiro atoms. The zero-order valence-electron chi connectivity index (χ0n) is 9.47. The van der Waals surface area contributed by atoms with Gasteiger partial charge >= 0.3 is 12.1 Å². The number of carboxylic acid groups (broad SMARTS) is 1. The van der Waals surface area contributed by atoms with Crippen molar-refractivity contribution in [2.24, 2.45) is 0 Å². The van der Waals surface area contributed by atoms with Crippen molar-refractivity contribution in [2.45, 2.75) is 44.6 Å². The van der Waals surface area contributed by atoms with E-state index < -0.39 is 23.7 Å². The summed E-state index contributed by atoms with van der Waals surface area (Å²) in [4.78, 5) is 23.9. The van der Waals surface area contributed by atoms with Crippen LogP contribution in [0.2, 0.25) is 0 Å². The Kier molecular flexibility index (Phi) is 2.34. The molecule has 1 amide bonds. The van der Waals surface area contributed by atoms with Crippen LogP contribution in [0.4, 0.5) is 4.79 Å². The van der Waals surface area contributed by atoms with Gasteiger partial charge in [0, 0.05) is 0 Å². The molecular weight excluding hydrogens is 214 g/mol. The highest BCUT2D eigenvalue weighted by molar-refractivity contribution is 5.82. The lowest BCUT2D eigenvalue weighted by Crippen LogP contribution is -2.46. The molecule has 2 aliphatic rings. The van der Waals surface area contributed by atoms with Crippen molar-refractivity contribution in [1.29, 1.82) is 0 Å². The van der Waals surface area contributed by atoms with Gasteiger partial charge in [-0.05, 0) is 20.8 Å². The van der Waals surface area contributed by atoms with Gasteiger partial charge in [-0.3, -0.25) is 4.90 Å². The summed E-state index contributed by atoms with van der Waals surface area (Å²) in [6, 6.07) is -0.903. The molecule has 2 heterocycles. The summed E-state index contributed by atoms with van der Waals surface area (Å²) in [6.07, 6.45) is -1.07. The predicted molar refractivity (Wildman–Crippen MR) is 53.0 cm³/mol. The van der Waals surface area contributed by atoms with Gasteiger partial charge in [0.05, 0.1) is 6.54 Å². The van der Waals surface area contributed by atoms with Gasteiger partial charge in [-0.2, -0.15) is 0 Å². The first-order valence-electron chi connectivity index (χ1n) is 5.17. The number of fused-ring (bicyclic) bond motifs is 1. The number of likely N-dealkylation sites (tertiary alicyclic amines) is 1. The number of morpholine rings is 1. The van der Waals surface area contributed by atoms with Gasteiger partial charge < -0.3 is 14.6 Å². The van der Waals surface area contributed by atoms with E-state index in [1.807, 2.05) is 0 Å². The average Bonchev–Trinajstić information content (AvgIpc) is 2.73. The quantitative estimate of drug-likeness (QED) is 0.661. The lowest BCUT2D eigenvalue weighted by molar-refractivity contribution is -0.143. The van der Waals surface area contributed by atoms with Gasteiger partial charge in [0.1, 0.15) is 17.8 Å². The third-order valence-electron chi connectivity index (χ3n) is 2.53. The third kappa shape index (κ3) is 1.97. The number of aliphatic carboxylic acids is 1. The van der Waals surface area contributed by atoms with Gasteiger partial charge in [0.25, 0.3) is 0 Å². The number of hydrogen-bond donors (Lipinski definition) is 1. The SMILES string of the molecule is CC(C)(C)OC(=O)N1C[C@H]2O[C@H]2[C@H]1C(=O)O. The number of carbonyl (C=O) groups excluding carboxylic acids is 1. The van der Waals surface area contributed by atoms with Crippen LogP contribution < -0.4 is 0 Å². The van der Waals surface area contributed by atoms with Gasteiger partial charge in [-0.1, -0.05) is 0 Å². The van der Waals surface area contributed by atoms with Gasteiger partial charge in [0.2, 0.25) is 0 Å². The summed E-state index contributed by atoms with van der Waals surface area (Å²) in [6.45, 7) is 5.53. The molecule has 0 radical (unpaired) electrons. The Morgan fingerprint density at radius 2 is 2.06 bits per heavy atom. The number of rotatable bonds is 1. The van der Waals surface area contributed by atoms with E-state index in [2.05, 4.69) is 0 Å². The van der Waals surface area contributed by atoms with Crippen LogP contribution in [0.25, 0.3) is 0 Å². The maximum absolute atomic E-state index is 11.7. The average molecular weight is 229 g/mol. The van der Waals surface area contributed by atoms with Crippen LogP contribution in [0.5, 0.6) is 0 Å². The molecule has 1 N–H and O–H groups in total. The first kappa shape index (κ1) is 11.2. The molecule has 2 aliphatic heterocycles. The number of amides is 1.